The molecule has 1 aliphatic heterocycles. The maximum Gasteiger partial charge on any atom is 0.220 e. The molecule has 2 heterocycles. The number of halogens is 2. The van der Waals surface area contributed by atoms with E-state index in [-0.39, 0.29) is 23.1 Å². The van der Waals surface area contributed by atoms with Crippen LogP contribution in [0, 0.1) is 5.82 Å². The number of alkyl halides is 1. The molecule has 4 nitrogen and oxygen atoms in total. The molecule has 0 aliphatic carbocycles. The lowest BCUT2D eigenvalue weighted by atomic mass is 10.1. The molecule has 1 aliphatic rings. The highest BCUT2D eigenvalue weighted by atomic mass is 35.5. The van der Waals surface area contributed by atoms with Gasteiger partial charge in [-0.05, 0) is 25.5 Å². The van der Waals surface area contributed by atoms with Gasteiger partial charge in [-0.3, -0.25) is 4.79 Å². The van der Waals surface area contributed by atoms with Gasteiger partial charge in [0, 0.05) is 13.0 Å². The van der Waals surface area contributed by atoms with Crippen LogP contribution in [0.1, 0.15) is 37.0 Å². The van der Waals surface area contributed by atoms with E-state index in [0.29, 0.717) is 30.7 Å². The maximum atomic E-state index is 13.9. The molecule has 1 aromatic heterocycles. The molecule has 1 N–H and O–H groups in total. The number of piperidine rings is 1. The van der Waals surface area contributed by atoms with Crippen LogP contribution >= 0.6 is 11.6 Å². The van der Waals surface area contributed by atoms with Crippen molar-refractivity contribution in [2.24, 2.45) is 0 Å². The number of hydrogen-bond donors (Lipinski definition) is 1. The molecule has 1 saturated heterocycles. The Morgan fingerprint density at radius 2 is 2.35 bits per heavy atom. The minimum atomic E-state index is -0.348. The number of benzene rings is 1. The van der Waals surface area contributed by atoms with E-state index in [4.69, 9.17) is 11.6 Å². The van der Waals surface area contributed by atoms with Crippen LogP contribution in [-0.2, 0) is 4.79 Å². The Labute approximate surface area is 120 Å². The van der Waals surface area contributed by atoms with Crippen LogP contribution in [0.3, 0.4) is 0 Å². The minimum Gasteiger partial charge on any atom is -0.354 e. The normalized spacial score (nSPS) is 20.9. The first-order valence-electron chi connectivity index (χ1n) is 6.65. The molecule has 1 fully saturated rings. The van der Waals surface area contributed by atoms with Gasteiger partial charge in [0.25, 0.3) is 0 Å². The number of nitrogens with one attached hydrogen (secondary N) is 1. The molecular formula is C14H15ClFN3O. The molecule has 0 radical (unpaired) electrons. The number of fused-ring (bicyclic) bond motifs is 1. The third-order valence-corrected chi connectivity index (χ3v) is 3.85. The molecule has 2 aromatic rings. The van der Waals surface area contributed by atoms with E-state index in [2.05, 4.69) is 10.3 Å². The van der Waals surface area contributed by atoms with Crippen LogP contribution in [0.2, 0.25) is 0 Å². The second-order valence-corrected chi connectivity index (χ2v) is 5.71. The lowest BCUT2D eigenvalue weighted by Gasteiger charge is -2.26. The van der Waals surface area contributed by atoms with Gasteiger partial charge in [-0.25, -0.2) is 9.37 Å². The first kappa shape index (κ1) is 13.4. The van der Waals surface area contributed by atoms with Gasteiger partial charge in [0.05, 0.1) is 16.9 Å². The zero-order chi connectivity index (χ0) is 14.3. The Balaban J connectivity index is 2.14. The van der Waals surface area contributed by atoms with Crippen molar-refractivity contribution in [3.05, 3.63) is 29.8 Å². The van der Waals surface area contributed by atoms with Gasteiger partial charge in [-0.15, -0.1) is 11.6 Å². The number of rotatable bonds is 2. The van der Waals surface area contributed by atoms with Gasteiger partial charge in [-0.2, -0.15) is 0 Å². The van der Waals surface area contributed by atoms with E-state index < -0.39 is 0 Å². The second-order valence-electron chi connectivity index (χ2n) is 5.06. The summed E-state index contributed by atoms with van der Waals surface area (Å²) in [6, 6.07) is 4.96. The molecule has 6 heteroatoms. The fraction of sp³-hybridized carbons (Fsp3) is 0.429. The largest absolute Gasteiger partial charge is 0.354 e. The first-order valence-corrected chi connectivity index (χ1v) is 7.08. The van der Waals surface area contributed by atoms with Crippen LogP contribution in [0.15, 0.2) is 18.2 Å². The summed E-state index contributed by atoms with van der Waals surface area (Å²) < 4.78 is 15.9. The summed E-state index contributed by atoms with van der Waals surface area (Å²) in [5, 5.41) is 2.52. The Morgan fingerprint density at radius 3 is 3.00 bits per heavy atom. The summed E-state index contributed by atoms with van der Waals surface area (Å²) in [7, 11) is 0. The molecule has 1 amide bonds. The topological polar surface area (TPSA) is 46.9 Å². The number of carbonyl (C=O) groups is 1. The predicted octanol–water partition coefficient (Wildman–Crippen LogP) is 2.93. The number of aromatic nitrogens is 2. The molecule has 1 aromatic carbocycles. The Morgan fingerprint density at radius 1 is 1.55 bits per heavy atom. The van der Waals surface area contributed by atoms with Crippen LogP contribution in [0.4, 0.5) is 4.39 Å². The van der Waals surface area contributed by atoms with E-state index in [1.807, 2.05) is 17.6 Å². The van der Waals surface area contributed by atoms with Gasteiger partial charge < -0.3 is 9.88 Å². The van der Waals surface area contributed by atoms with E-state index in [9.17, 15) is 9.18 Å². The molecule has 2 atom stereocenters. The van der Waals surface area contributed by atoms with Crippen molar-refractivity contribution in [3.8, 4) is 0 Å². The lowest BCUT2D eigenvalue weighted by Crippen LogP contribution is -2.36. The molecule has 0 spiro atoms. The first-order chi connectivity index (χ1) is 9.58. The Bertz CT molecular complexity index is 658. The predicted molar refractivity (Wildman–Crippen MR) is 75.2 cm³/mol. The fourth-order valence-corrected chi connectivity index (χ4v) is 2.86. The van der Waals surface area contributed by atoms with Gasteiger partial charge in [0.2, 0.25) is 5.91 Å². The van der Waals surface area contributed by atoms with Crippen molar-refractivity contribution < 1.29 is 9.18 Å². The van der Waals surface area contributed by atoms with Crippen molar-refractivity contribution in [3.63, 3.8) is 0 Å². The molecule has 0 saturated carbocycles. The highest BCUT2D eigenvalue weighted by molar-refractivity contribution is 6.20. The Kier molecular flexibility index (Phi) is 3.38. The van der Waals surface area contributed by atoms with Crippen LogP contribution < -0.4 is 5.32 Å². The molecule has 3 rings (SSSR count). The summed E-state index contributed by atoms with van der Waals surface area (Å²) in [5.74, 6) is 0.352. The monoisotopic (exact) mass is 295 g/mol. The number of para-hydroxylation sites is 1. The summed E-state index contributed by atoms with van der Waals surface area (Å²) in [4.78, 5) is 15.6. The van der Waals surface area contributed by atoms with Gasteiger partial charge in [0.15, 0.2) is 5.82 Å². The highest BCUT2D eigenvalue weighted by Gasteiger charge is 2.26. The number of nitrogens with zero attached hydrogens (tertiary/aromatic N) is 2. The second kappa shape index (κ2) is 5.05. The zero-order valence-corrected chi connectivity index (χ0v) is 11.8. The van der Waals surface area contributed by atoms with Crippen LogP contribution in [0.5, 0.6) is 0 Å². The van der Waals surface area contributed by atoms with E-state index in [1.165, 1.54) is 6.07 Å². The molecule has 0 bridgehead atoms. The summed E-state index contributed by atoms with van der Waals surface area (Å²) in [5.41, 5.74) is 1.07. The van der Waals surface area contributed by atoms with Gasteiger partial charge >= 0.3 is 0 Å². The third kappa shape index (κ3) is 2.16. The summed E-state index contributed by atoms with van der Waals surface area (Å²) >= 11 is 6.19. The number of imidazole rings is 1. The van der Waals surface area contributed by atoms with Gasteiger partial charge in [-0.1, -0.05) is 6.07 Å². The van der Waals surface area contributed by atoms with Crippen molar-refractivity contribution in [1.29, 1.82) is 0 Å². The van der Waals surface area contributed by atoms with Crippen molar-refractivity contribution in [1.82, 2.24) is 14.9 Å². The molecule has 20 heavy (non-hydrogen) atoms. The van der Waals surface area contributed by atoms with Gasteiger partial charge in [0.1, 0.15) is 11.3 Å². The number of hydrogen-bond acceptors (Lipinski definition) is 2. The third-order valence-electron chi connectivity index (χ3n) is 3.66. The van der Waals surface area contributed by atoms with Crippen molar-refractivity contribution in [2.45, 2.75) is 31.2 Å². The van der Waals surface area contributed by atoms with Crippen molar-refractivity contribution >= 4 is 28.5 Å². The average Bonchev–Trinajstić information content (AvgIpc) is 2.81. The smallest absolute Gasteiger partial charge is 0.220 e. The summed E-state index contributed by atoms with van der Waals surface area (Å²) in [6.45, 7) is 2.34. The standard InChI is InChI=1S/C14H15ClFN3O/c1-8(15)14-18-13-10(16)3-2-4-11(13)19(14)9-5-6-12(20)17-7-9/h2-4,8-9H,5-7H2,1H3,(H,17,20). The lowest BCUT2D eigenvalue weighted by molar-refractivity contribution is -0.122. The molecule has 106 valence electrons. The van der Waals surface area contributed by atoms with Crippen molar-refractivity contribution in [2.75, 3.05) is 6.54 Å². The van der Waals surface area contributed by atoms with Crippen LogP contribution in [-0.4, -0.2) is 22.0 Å². The van der Waals surface area contributed by atoms with E-state index in [1.54, 1.807) is 6.07 Å². The van der Waals surface area contributed by atoms with E-state index >= 15 is 0 Å². The Hall–Kier alpha value is -1.62. The van der Waals surface area contributed by atoms with E-state index in [0.717, 1.165) is 5.52 Å². The zero-order valence-electron chi connectivity index (χ0n) is 11.1. The maximum absolute atomic E-state index is 13.9. The highest BCUT2D eigenvalue weighted by Crippen LogP contribution is 2.31. The summed E-state index contributed by atoms with van der Waals surface area (Å²) in [6.07, 6.45) is 1.18. The SMILES string of the molecule is CC(Cl)c1nc2c(F)cccc2n1C1CCC(=O)NC1. The molecular weight excluding hydrogens is 281 g/mol. The van der Waals surface area contributed by atoms with Crippen LogP contribution in [0.25, 0.3) is 11.0 Å². The minimum absolute atomic E-state index is 0.0531. The fourth-order valence-electron chi connectivity index (χ4n) is 2.71. The quantitative estimate of drug-likeness (QED) is 0.866. The molecule has 2 unspecified atom stereocenters. The number of carbonyl (C=O) groups excluding carboxylic acids is 1. The number of amides is 1. The average molecular weight is 296 g/mol.